The number of aromatic amines is 1. The lowest BCUT2D eigenvalue weighted by Crippen LogP contribution is -2.18. The Morgan fingerprint density at radius 2 is 2.47 bits per heavy atom. The van der Waals surface area contributed by atoms with Gasteiger partial charge in [-0.25, -0.2) is 4.98 Å². The molecule has 8 heteroatoms. The van der Waals surface area contributed by atoms with E-state index in [4.69, 9.17) is 10.5 Å². The SMILES string of the molecule is C[C@H]1C[C@H](n2cnc3c(=O)[nH]c(N)nc32)O[C@@H]1CO. The summed E-state index contributed by atoms with van der Waals surface area (Å²) in [7, 11) is 0. The predicted octanol–water partition coefficient (Wildman–Crippen LogP) is -0.382. The van der Waals surface area contributed by atoms with E-state index in [0.717, 1.165) is 6.42 Å². The zero-order valence-electron chi connectivity index (χ0n) is 10.4. The molecule has 1 aliphatic rings. The third-order valence-electron chi connectivity index (χ3n) is 3.48. The van der Waals surface area contributed by atoms with Crippen molar-refractivity contribution in [2.45, 2.75) is 25.7 Å². The fourth-order valence-corrected chi connectivity index (χ4v) is 2.42. The number of imidazole rings is 1. The quantitative estimate of drug-likeness (QED) is 0.680. The van der Waals surface area contributed by atoms with E-state index in [2.05, 4.69) is 15.0 Å². The molecule has 0 radical (unpaired) electrons. The molecule has 0 bridgehead atoms. The Morgan fingerprint density at radius 3 is 3.16 bits per heavy atom. The van der Waals surface area contributed by atoms with Crippen molar-refractivity contribution in [2.75, 3.05) is 12.3 Å². The van der Waals surface area contributed by atoms with Crippen molar-refractivity contribution in [1.82, 2.24) is 19.5 Å². The topological polar surface area (TPSA) is 119 Å². The maximum atomic E-state index is 11.7. The van der Waals surface area contributed by atoms with Crippen LogP contribution >= 0.6 is 0 Å². The number of aliphatic hydroxyl groups is 1. The van der Waals surface area contributed by atoms with Crippen LogP contribution in [0.15, 0.2) is 11.1 Å². The van der Waals surface area contributed by atoms with Crippen molar-refractivity contribution in [3.05, 3.63) is 16.7 Å². The largest absolute Gasteiger partial charge is 0.394 e. The summed E-state index contributed by atoms with van der Waals surface area (Å²) in [6, 6.07) is 0. The molecule has 102 valence electrons. The van der Waals surface area contributed by atoms with Gasteiger partial charge < -0.3 is 15.6 Å². The lowest BCUT2D eigenvalue weighted by molar-refractivity contribution is -0.0277. The highest BCUT2D eigenvalue weighted by atomic mass is 16.5. The molecule has 2 aromatic rings. The van der Waals surface area contributed by atoms with E-state index in [9.17, 15) is 9.90 Å². The number of hydrogen-bond acceptors (Lipinski definition) is 6. The molecule has 0 amide bonds. The molecule has 3 atom stereocenters. The van der Waals surface area contributed by atoms with Crippen molar-refractivity contribution < 1.29 is 9.84 Å². The van der Waals surface area contributed by atoms with Gasteiger partial charge in [0.15, 0.2) is 11.2 Å². The molecule has 0 aliphatic carbocycles. The molecular weight excluding hydrogens is 250 g/mol. The van der Waals surface area contributed by atoms with Gasteiger partial charge in [0.1, 0.15) is 6.23 Å². The summed E-state index contributed by atoms with van der Waals surface area (Å²) in [5.41, 5.74) is 5.81. The van der Waals surface area contributed by atoms with Crippen LogP contribution in [0.25, 0.3) is 11.2 Å². The number of nitrogens with one attached hydrogen (secondary N) is 1. The van der Waals surface area contributed by atoms with Gasteiger partial charge in [-0.05, 0) is 12.3 Å². The normalized spacial score (nSPS) is 27.2. The van der Waals surface area contributed by atoms with Crippen LogP contribution in [0.4, 0.5) is 5.95 Å². The highest BCUT2D eigenvalue weighted by Gasteiger charge is 2.33. The molecule has 8 nitrogen and oxygen atoms in total. The number of aliphatic hydroxyl groups excluding tert-OH is 1. The Balaban J connectivity index is 2.05. The predicted molar refractivity (Wildman–Crippen MR) is 67.3 cm³/mol. The number of hydrogen-bond donors (Lipinski definition) is 3. The maximum absolute atomic E-state index is 11.7. The molecule has 1 aliphatic heterocycles. The van der Waals surface area contributed by atoms with Gasteiger partial charge in [0.2, 0.25) is 5.95 Å². The number of anilines is 1. The average Bonchev–Trinajstić information content (AvgIpc) is 2.92. The van der Waals surface area contributed by atoms with Crippen LogP contribution < -0.4 is 11.3 Å². The Hall–Kier alpha value is -1.93. The summed E-state index contributed by atoms with van der Waals surface area (Å²) >= 11 is 0. The second-order valence-corrected chi connectivity index (χ2v) is 4.80. The number of rotatable bonds is 2. The van der Waals surface area contributed by atoms with Crippen molar-refractivity contribution in [1.29, 1.82) is 0 Å². The van der Waals surface area contributed by atoms with Gasteiger partial charge in [0.05, 0.1) is 19.0 Å². The molecule has 4 N–H and O–H groups in total. The van der Waals surface area contributed by atoms with Gasteiger partial charge >= 0.3 is 0 Å². The minimum Gasteiger partial charge on any atom is -0.394 e. The van der Waals surface area contributed by atoms with E-state index < -0.39 is 0 Å². The Bertz CT molecular complexity index is 664. The number of nitrogen functional groups attached to an aromatic ring is 1. The number of fused-ring (bicyclic) bond motifs is 1. The second kappa shape index (κ2) is 4.32. The van der Waals surface area contributed by atoms with Crippen molar-refractivity contribution in [2.24, 2.45) is 5.92 Å². The third-order valence-corrected chi connectivity index (χ3v) is 3.48. The first kappa shape index (κ1) is 12.1. The van der Waals surface area contributed by atoms with Gasteiger partial charge in [-0.15, -0.1) is 0 Å². The highest BCUT2D eigenvalue weighted by molar-refractivity contribution is 5.70. The van der Waals surface area contributed by atoms with Crippen LogP contribution in [0.5, 0.6) is 0 Å². The standard InChI is InChI=1S/C11H15N5O3/c1-5-2-7(19-6(5)3-17)16-4-13-8-9(16)14-11(12)15-10(8)18/h4-7,17H,2-3H2,1H3,(H3,12,14,15,18)/t5-,6+,7+/m0/s1. The van der Waals surface area contributed by atoms with E-state index in [-0.39, 0.29) is 41.9 Å². The van der Waals surface area contributed by atoms with Crippen LogP contribution in [0.1, 0.15) is 19.6 Å². The van der Waals surface area contributed by atoms with Crippen LogP contribution in [0, 0.1) is 5.92 Å². The molecular formula is C11H15N5O3. The van der Waals surface area contributed by atoms with Gasteiger partial charge in [0, 0.05) is 0 Å². The fraction of sp³-hybridized carbons (Fsp3) is 0.545. The zero-order chi connectivity index (χ0) is 13.6. The van der Waals surface area contributed by atoms with Gasteiger partial charge in [0.25, 0.3) is 5.56 Å². The first-order valence-electron chi connectivity index (χ1n) is 6.08. The molecule has 0 aromatic carbocycles. The summed E-state index contributed by atoms with van der Waals surface area (Å²) in [5.74, 6) is 0.274. The van der Waals surface area contributed by atoms with E-state index >= 15 is 0 Å². The molecule has 19 heavy (non-hydrogen) atoms. The molecule has 3 rings (SSSR count). The Labute approximate surface area is 108 Å². The lowest BCUT2D eigenvalue weighted by Gasteiger charge is -2.13. The molecule has 1 fully saturated rings. The van der Waals surface area contributed by atoms with Gasteiger partial charge in [-0.1, -0.05) is 6.92 Å². The van der Waals surface area contributed by atoms with E-state index in [1.165, 1.54) is 6.33 Å². The fourth-order valence-electron chi connectivity index (χ4n) is 2.42. The number of H-pyrrole nitrogens is 1. The first-order chi connectivity index (χ1) is 9.10. The van der Waals surface area contributed by atoms with Crippen molar-refractivity contribution in [3.8, 4) is 0 Å². The van der Waals surface area contributed by atoms with E-state index in [1.54, 1.807) is 4.57 Å². The second-order valence-electron chi connectivity index (χ2n) is 4.80. The third kappa shape index (κ3) is 1.89. The molecule has 2 aromatic heterocycles. The van der Waals surface area contributed by atoms with Crippen LogP contribution in [-0.2, 0) is 4.74 Å². The smallest absolute Gasteiger partial charge is 0.280 e. The summed E-state index contributed by atoms with van der Waals surface area (Å²) in [6.07, 6.45) is 1.75. The van der Waals surface area contributed by atoms with Crippen LogP contribution in [-0.4, -0.2) is 37.3 Å². The van der Waals surface area contributed by atoms with Gasteiger partial charge in [-0.2, -0.15) is 4.98 Å². The Kier molecular flexibility index (Phi) is 2.76. The summed E-state index contributed by atoms with van der Waals surface area (Å²) < 4.78 is 7.42. The molecule has 3 heterocycles. The molecule has 0 saturated carbocycles. The monoisotopic (exact) mass is 265 g/mol. The van der Waals surface area contributed by atoms with Crippen LogP contribution in [0.2, 0.25) is 0 Å². The summed E-state index contributed by atoms with van der Waals surface area (Å²) in [6.45, 7) is 1.98. The average molecular weight is 265 g/mol. The number of aromatic nitrogens is 4. The van der Waals surface area contributed by atoms with Crippen molar-refractivity contribution >= 4 is 17.1 Å². The summed E-state index contributed by atoms with van der Waals surface area (Å²) in [4.78, 5) is 22.2. The molecule has 1 saturated heterocycles. The van der Waals surface area contributed by atoms with E-state index in [1.807, 2.05) is 6.92 Å². The first-order valence-corrected chi connectivity index (χ1v) is 6.08. The minimum absolute atomic E-state index is 0.0273. The maximum Gasteiger partial charge on any atom is 0.280 e. The number of nitrogens with zero attached hydrogens (tertiary/aromatic N) is 3. The molecule has 0 spiro atoms. The molecule has 0 unspecified atom stereocenters. The zero-order valence-corrected chi connectivity index (χ0v) is 10.4. The number of ether oxygens (including phenoxy) is 1. The summed E-state index contributed by atoms with van der Waals surface area (Å²) in [5, 5.41) is 9.21. The highest BCUT2D eigenvalue weighted by Crippen LogP contribution is 2.33. The van der Waals surface area contributed by atoms with E-state index in [0.29, 0.717) is 5.65 Å². The Morgan fingerprint density at radius 1 is 1.68 bits per heavy atom. The number of nitrogens with two attached hydrogens (primary N) is 1. The van der Waals surface area contributed by atoms with Crippen molar-refractivity contribution in [3.63, 3.8) is 0 Å². The van der Waals surface area contributed by atoms with Gasteiger partial charge in [-0.3, -0.25) is 14.3 Å². The lowest BCUT2D eigenvalue weighted by atomic mass is 10.0. The van der Waals surface area contributed by atoms with Crippen LogP contribution in [0.3, 0.4) is 0 Å². The minimum atomic E-state index is -0.369.